The highest BCUT2D eigenvalue weighted by Gasteiger charge is 2.19. The van der Waals surface area contributed by atoms with Crippen molar-refractivity contribution in [1.82, 2.24) is 0 Å². The SMILES string of the molecule is COc1cc(OC)c(C(=O)Oc2ccc(-c3ccc(C#N)cc3)cc2)cc1OC. The summed E-state index contributed by atoms with van der Waals surface area (Å²) < 4.78 is 21.2. The van der Waals surface area contributed by atoms with Gasteiger partial charge in [0.1, 0.15) is 17.1 Å². The van der Waals surface area contributed by atoms with Crippen LogP contribution >= 0.6 is 0 Å². The summed E-state index contributed by atoms with van der Waals surface area (Å²) in [6.07, 6.45) is 0. The van der Waals surface area contributed by atoms with Gasteiger partial charge in [-0.15, -0.1) is 0 Å². The number of hydrogen-bond acceptors (Lipinski definition) is 6. The van der Waals surface area contributed by atoms with Crippen LogP contribution in [-0.4, -0.2) is 27.3 Å². The minimum atomic E-state index is -0.575. The lowest BCUT2D eigenvalue weighted by molar-refractivity contribution is 0.0730. The molecule has 3 aromatic rings. The van der Waals surface area contributed by atoms with Crippen LogP contribution in [0, 0.1) is 11.3 Å². The normalized spacial score (nSPS) is 10.0. The third-order valence-electron chi connectivity index (χ3n) is 4.34. The van der Waals surface area contributed by atoms with E-state index in [9.17, 15) is 4.79 Å². The second-order valence-electron chi connectivity index (χ2n) is 6.01. The van der Waals surface area contributed by atoms with E-state index in [2.05, 4.69) is 6.07 Å². The first kappa shape index (κ1) is 19.8. The summed E-state index contributed by atoms with van der Waals surface area (Å²) in [5.74, 6) is 0.990. The van der Waals surface area contributed by atoms with Crippen molar-refractivity contribution < 1.29 is 23.7 Å². The molecule has 0 amide bonds. The Balaban J connectivity index is 1.81. The Kier molecular flexibility index (Phi) is 6.00. The molecule has 3 aromatic carbocycles. The van der Waals surface area contributed by atoms with Crippen molar-refractivity contribution in [3.05, 3.63) is 71.8 Å². The van der Waals surface area contributed by atoms with Crippen LogP contribution in [0.4, 0.5) is 0 Å². The predicted octanol–water partition coefficient (Wildman–Crippen LogP) is 4.47. The molecule has 0 N–H and O–H groups in total. The summed E-state index contributed by atoms with van der Waals surface area (Å²) in [6.45, 7) is 0. The van der Waals surface area contributed by atoms with Gasteiger partial charge in [-0.1, -0.05) is 24.3 Å². The lowest BCUT2D eigenvalue weighted by Crippen LogP contribution is -2.11. The number of esters is 1. The van der Waals surface area contributed by atoms with Crippen molar-refractivity contribution in [2.45, 2.75) is 0 Å². The molecule has 0 fully saturated rings. The minimum absolute atomic E-state index is 0.223. The van der Waals surface area contributed by atoms with Gasteiger partial charge in [0.25, 0.3) is 0 Å². The molecule has 0 unspecified atom stereocenters. The molecule has 0 radical (unpaired) electrons. The highest BCUT2D eigenvalue weighted by Crippen LogP contribution is 2.35. The molecule has 146 valence electrons. The predicted molar refractivity (Wildman–Crippen MR) is 108 cm³/mol. The van der Waals surface area contributed by atoms with Gasteiger partial charge in [-0.25, -0.2) is 4.79 Å². The Labute approximate surface area is 168 Å². The lowest BCUT2D eigenvalue weighted by atomic mass is 10.0. The largest absolute Gasteiger partial charge is 0.496 e. The first-order valence-corrected chi connectivity index (χ1v) is 8.72. The third-order valence-corrected chi connectivity index (χ3v) is 4.34. The molecule has 6 heteroatoms. The highest BCUT2D eigenvalue weighted by molar-refractivity contribution is 5.95. The molecule has 29 heavy (non-hydrogen) atoms. The Morgan fingerprint density at radius 1 is 0.759 bits per heavy atom. The number of nitriles is 1. The third kappa shape index (κ3) is 4.30. The molecule has 0 saturated heterocycles. The van der Waals surface area contributed by atoms with E-state index < -0.39 is 5.97 Å². The Hall–Kier alpha value is -3.98. The molecule has 6 nitrogen and oxygen atoms in total. The lowest BCUT2D eigenvalue weighted by Gasteiger charge is -2.13. The maximum atomic E-state index is 12.7. The molecule has 0 bridgehead atoms. The topological polar surface area (TPSA) is 77.8 Å². The number of carbonyl (C=O) groups excluding carboxylic acids is 1. The van der Waals surface area contributed by atoms with Gasteiger partial charge in [0.15, 0.2) is 11.5 Å². The quantitative estimate of drug-likeness (QED) is 0.457. The van der Waals surface area contributed by atoms with Crippen LogP contribution in [0.5, 0.6) is 23.0 Å². The maximum absolute atomic E-state index is 12.7. The van der Waals surface area contributed by atoms with E-state index in [4.69, 9.17) is 24.2 Å². The van der Waals surface area contributed by atoms with E-state index in [-0.39, 0.29) is 5.56 Å². The van der Waals surface area contributed by atoms with E-state index in [1.807, 2.05) is 24.3 Å². The molecule has 0 atom stereocenters. The van der Waals surface area contributed by atoms with Crippen molar-refractivity contribution in [3.8, 4) is 40.2 Å². The van der Waals surface area contributed by atoms with Crippen LogP contribution in [0.2, 0.25) is 0 Å². The molecular weight excluding hydrogens is 370 g/mol. The number of ether oxygens (including phenoxy) is 4. The first-order chi connectivity index (χ1) is 14.1. The van der Waals surface area contributed by atoms with Gasteiger partial charge in [0.2, 0.25) is 0 Å². The molecule has 3 rings (SSSR count). The highest BCUT2D eigenvalue weighted by atomic mass is 16.5. The van der Waals surface area contributed by atoms with Crippen molar-refractivity contribution in [3.63, 3.8) is 0 Å². The number of methoxy groups -OCH3 is 3. The summed E-state index contributed by atoms with van der Waals surface area (Å²) >= 11 is 0. The van der Waals surface area contributed by atoms with Crippen LogP contribution < -0.4 is 18.9 Å². The standard InChI is InChI=1S/C23H19NO5/c1-26-20-13-22(28-3)21(27-2)12-19(20)23(25)29-18-10-8-17(9-11-18)16-6-4-15(14-24)5-7-16/h4-13H,1-3H3. The summed E-state index contributed by atoms with van der Waals surface area (Å²) in [7, 11) is 4.45. The van der Waals surface area contributed by atoms with Crippen LogP contribution in [0.15, 0.2) is 60.7 Å². The zero-order valence-electron chi connectivity index (χ0n) is 16.3. The van der Waals surface area contributed by atoms with Crippen molar-refractivity contribution in [1.29, 1.82) is 5.26 Å². The van der Waals surface area contributed by atoms with Gasteiger partial charge >= 0.3 is 5.97 Å². The number of rotatable bonds is 6. The molecular formula is C23H19NO5. The fraction of sp³-hybridized carbons (Fsp3) is 0.130. The Bertz CT molecular complexity index is 1050. The molecule has 0 heterocycles. The van der Waals surface area contributed by atoms with E-state index >= 15 is 0 Å². The van der Waals surface area contributed by atoms with E-state index in [1.165, 1.54) is 27.4 Å². The van der Waals surface area contributed by atoms with E-state index in [0.717, 1.165) is 11.1 Å². The average Bonchev–Trinajstić information content (AvgIpc) is 2.78. The summed E-state index contributed by atoms with van der Waals surface area (Å²) in [5.41, 5.74) is 2.73. The smallest absolute Gasteiger partial charge is 0.347 e. The van der Waals surface area contributed by atoms with Crippen molar-refractivity contribution in [2.24, 2.45) is 0 Å². The van der Waals surface area contributed by atoms with E-state index in [0.29, 0.717) is 28.6 Å². The van der Waals surface area contributed by atoms with Gasteiger partial charge in [-0.05, 0) is 35.4 Å². The zero-order valence-corrected chi connectivity index (χ0v) is 16.3. The molecule has 0 saturated carbocycles. The van der Waals surface area contributed by atoms with Crippen LogP contribution in [-0.2, 0) is 0 Å². The monoisotopic (exact) mass is 389 g/mol. The Morgan fingerprint density at radius 3 is 1.79 bits per heavy atom. The summed E-state index contributed by atoms with van der Waals surface area (Å²) in [6, 6.07) is 19.5. The maximum Gasteiger partial charge on any atom is 0.347 e. The minimum Gasteiger partial charge on any atom is -0.496 e. The zero-order chi connectivity index (χ0) is 20.8. The summed E-state index contributed by atoms with van der Waals surface area (Å²) in [4.78, 5) is 12.7. The van der Waals surface area contributed by atoms with Crippen LogP contribution in [0.1, 0.15) is 15.9 Å². The molecule has 0 spiro atoms. The second kappa shape index (κ2) is 8.81. The van der Waals surface area contributed by atoms with Gasteiger partial charge in [-0.2, -0.15) is 5.26 Å². The number of benzene rings is 3. The fourth-order valence-electron chi connectivity index (χ4n) is 2.80. The van der Waals surface area contributed by atoms with Crippen molar-refractivity contribution >= 4 is 5.97 Å². The number of carbonyl (C=O) groups is 1. The molecule has 0 aliphatic carbocycles. The number of nitrogens with zero attached hydrogens (tertiary/aromatic N) is 1. The second-order valence-corrected chi connectivity index (χ2v) is 6.01. The molecule has 0 aromatic heterocycles. The van der Waals surface area contributed by atoms with Gasteiger partial charge in [0.05, 0.1) is 33.0 Å². The summed E-state index contributed by atoms with van der Waals surface area (Å²) in [5, 5.41) is 8.89. The molecule has 0 aliphatic rings. The average molecular weight is 389 g/mol. The first-order valence-electron chi connectivity index (χ1n) is 8.72. The van der Waals surface area contributed by atoms with Gasteiger partial charge in [-0.3, -0.25) is 0 Å². The molecule has 0 aliphatic heterocycles. The van der Waals surface area contributed by atoms with Crippen LogP contribution in [0.3, 0.4) is 0 Å². The Morgan fingerprint density at radius 2 is 1.28 bits per heavy atom. The number of hydrogen-bond donors (Lipinski definition) is 0. The van der Waals surface area contributed by atoms with Gasteiger partial charge < -0.3 is 18.9 Å². The van der Waals surface area contributed by atoms with Crippen molar-refractivity contribution in [2.75, 3.05) is 21.3 Å². The van der Waals surface area contributed by atoms with Gasteiger partial charge in [0, 0.05) is 12.1 Å². The van der Waals surface area contributed by atoms with E-state index in [1.54, 1.807) is 30.3 Å². The van der Waals surface area contributed by atoms with Crippen LogP contribution in [0.25, 0.3) is 11.1 Å². The fourth-order valence-corrected chi connectivity index (χ4v) is 2.80.